The fraction of sp³-hybridized carbons (Fsp3) is 0.429. The molecule has 1 heterocycles. The zero-order chi connectivity index (χ0) is 11.4. The zero-order valence-electron chi connectivity index (χ0n) is 9.65. The summed E-state index contributed by atoms with van der Waals surface area (Å²) in [6.07, 6.45) is 7.88. The molecule has 0 bridgehead atoms. The fourth-order valence-corrected chi connectivity index (χ4v) is 1.95. The van der Waals surface area contributed by atoms with Crippen molar-refractivity contribution >= 4 is 0 Å². The third-order valence-corrected chi connectivity index (χ3v) is 2.97. The second kappa shape index (κ2) is 5.05. The summed E-state index contributed by atoms with van der Waals surface area (Å²) >= 11 is 0. The molecule has 0 aromatic heterocycles. The lowest BCUT2D eigenvalue weighted by atomic mass is 10.1. The molecule has 16 heavy (non-hydrogen) atoms. The highest BCUT2D eigenvalue weighted by molar-refractivity contribution is 5.38. The van der Waals surface area contributed by atoms with Crippen LogP contribution in [0.2, 0.25) is 0 Å². The van der Waals surface area contributed by atoms with Crippen molar-refractivity contribution in [3.63, 3.8) is 0 Å². The first kappa shape index (κ1) is 11.0. The standard InChI is InChI=1S/C14H17NO/c1-3-12-5-4-6-14(11-12)16-13-7-9-15(2)10-8-13/h1,4-6,11,13H,7-10H2,2H3. The van der Waals surface area contributed by atoms with Crippen molar-refractivity contribution in [2.45, 2.75) is 18.9 Å². The van der Waals surface area contributed by atoms with Gasteiger partial charge in [0.25, 0.3) is 0 Å². The molecular weight excluding hydrogens is 198 g/mol. The van der Waals surface area contributed by atoms with E-state index in [1.807, 2.05) is 24.3 Å². The van der Waals surface area contributed by atoms with E-state index in [2.05, 4.69) is 17.9 Å². The molecule has 2 rings (SSSR count). The smallest absolute Gasteiger partial charge is 0.120 e. The largest absolute Gasteiger partial charge is 0.490 e. The van der Waals surface area contributed by atoms with Crippen LogP contribution in [-0.4, -0.2) is 31.1 Å². The van der Waals surface area contributed by atoms with Crippen molar-refractivity contribution in [3.05, 3.63) is 29.8 Å². The molecule has 0 unspecified atom stereocenters. The highest BCUT2D eigenvalue weighted by Crippen LogP contribution is 2.19. The Morgan fingerprint density at radius 3 is 2.81 bits per heavy atom. The van der Waals surface area contributed by atoms with Crippen molar-refractivity contribution in [1.29, 1.82) is 0 Å². The molecule has 1 aliphatic heterocycles. The van der Waals surface area contributed by atoms with Gasteiger partial charge in [-0.25, -0.2) is 0 Å². The van der Waals surface area contributed by atoms with E-state index in [4.69, 9.17) is 11.2 Å². The van der Waals surface area contributed by atoms with Gasteiger partial charge in [-0.1, -0.05) is 12.0 Å². The first-order chi connectivity index (χ1) is 7.78. The molecule has 0 N–H and O–H groups in total. The van der Waals surface area contributed by atoms with Crippen molar-refractivity contribution in [2.75, 3.05) is 20.1 Å². The number of benzene rings is 1. The van der Waals surface area contributed by atoms with Crippen LogP contribution in [0.1, 0.15) is 18.4 Å². The van der Waals surface area contributed by atoms with Gasteiger partial charge in [-0.15, -0.1) is 6.42 Å². The van der Waals surface area contributed by atoms with Gasteiger partial charge in [0.2, 0.25) is 0 Å². The Balaban J connectivity index is 1.96. The number of nitrogens with zero attached hydrogens (tertiary/aromatic N) is 1. The number of hydrogen-bond donors (Lipinski definition) is 0. The Labute approximate surface area is 97.2 Å². The van der Waals surface area contributed by atoms with Crippen molar-refractivity contribution in [2.24, 2.45) is 0 Å². The highest BCUT2D eigenvalue weighted by atomic mass is 16.5. The molecule has 1 saturated heterocycles. The Kier molecular flexibility index (Phi) is 3.48. The number of hydrogen-bond acceptors (Lipinski definition) is 2. The average molecular weight is 215 g/mol. The number of piperidine rings is 1. The van der Waals surface area contributed by atoms with Crippen LogP contribution < -0.4 is 4.74 Å². The van der Waals surface area contributed by atoms with E-state index < -0.39 is 0 Å². The summed E-state index contributed by atoms with van der Waals surface area (Å²) in [5.41, 5.74) is 0.880. The van der Waals surface area contributed by atoms with E-state index >= 15 is 0 Å². The summed E-state index contributed by atoms with van der Waals surface area (Å²) in [5.74, 6) is 3.52. The number of likely N-dealkylation sites (tertiary alicyclic amines) is 1. The van der Waals surface area contributed by atoms with Crippen LogP contribution in [0.25, 0.3) is 0 Å². The summed E-state index contributed by atoms with van der Waals surface area (Å²) in [6.45, 7) is 2.22. The van der Waals surface area contributed by atoms with Crippen LogP contribution in [0.4, 0.5) is 0 Å². The summed E-state index contributed by atoms with van der Waals surface area (Å²) < 4.78 is 5.92. The van der Waals surface area contributed by atoms with E-state index in [9.17, 15) is 0 Å². The van der Waals surface area contributed by atoms with Crippen LogP contribution in [0, 0.1) is 12.3 Å². The average Bonchev–Trinajstić information content (AvgIpc) is 2.32. The molecule has 0 atom stereocenters. The first-order valence-corrected chi connectivity index (χ1v) is 5.70. The Hall–Kier alpha value is -1.46. The molecule has 84 valence electrons. The van der Waals surface area contributed by atoms with Crippen LogP contribution in [0.5, 0.6) is 5.75 Å². The molecule has 0 saturated carbocycles. The molecule has 0 radical (unpaired) electrons. The van der Waals surface area contributed by atoms with Gasteiger partial charge in [-0.3, -0.25) is 0 Å². The molecule has 1 aliphatic rings. The molecule has 0 spiro atoms. The summed E-state index contributed by atoms with van der Waals surface area (Å²) in [6, 6.07) is 7.76. The van der Waals surface area contributed by atoms with Gasteiger partial charge in [0.1, 0.15) is 11.9 Å². The third kappa shape index (κ3) is 2.77. The molecule has 2 heteroatoms. The summed E-state index contributed by atoms with van der Waals surface area (Å²) in [4.78, 5) is 2.33. The Morgan fingerprint density at radius 2 is 2.12 bits per heavy atom. The van der Waals surface area contributed by atoms with Crippen molar-refractivity contribution in [3.8, 4) is 18.1 Å². The Morgan fingerprint density at radius 1 is 1.38 bits per heavy atom. The number of rotatable bonds is 2. The summed E-state index contributed by atoms with van der Waals surface area (Å²) in [7, 11) is 2.15. The molecular formula is C14H17NO. The molecule has 0 amide bonds. The normalized spacial score (nSPS) is 18.0. The van der Waals surface area contributed by atoms with Crippen LogP contribution >= 0.6 is 0 Å². The Bertz CT molecular complexity index is 386. The van der Waals surface area contributed by atoms with Gasteiger partial charge in [0.05, 0.1) is 0 Å². The van der Waals surface area contributed by atoms with Gasteiger partial charge in [0, 0.05) is 18.7 Å². The van der Waals surface area contributed by atoms with E-state index in [0.717, 1.165) is 37.2 Å². The SMILES string of the molecule is C#Cc1cccc(OC2CCN(C)CC2)c1. The first-order valence-electron chi connectivity index (χ1n) is 5.70. The molecule has 0 aliphatic carbocycles. The van der Waals surface area contributed by atoms with Crippen LogP contribution in [-0.2, 0) is 0 Å². The maximum Gasteiger partial charge on any atom is 0.120 e. The van der Waals surface area contributed by atoms with E-state index in [-0.39, 0.29) is 0 Å². The maximum absolute atomic E-state index is 5.92. The lowest BCUT2D eigenvalue weighted by Crippen LogP contribution is -2.35. The maximum atomic E-state index is 5.92. The van der Waals surface area contributed by atoms with Gasteiger partial charge in [-0.2, -0.15) is 0 Å². The van der Waals surface area contributed by atoms with Crippen molar-refractivity contribution in [1.82, 2.24) is 4.90 Å². The van der Waals surface area contributed by atoms with E-state index in [1.54, 1.807) is 0 Å². The quantitative estimate of drug-likeness (QED) is 0.701. The second-order valence-electron chi connectivity index (χ2n) is 4.29. The predicted molar refractivity (Wildman–Crippen MR) is 65.5 cm³/mol. The lowest BCUT2D eigenvalue weighted by Gasteiger charge is -2.29. The monoisotopic (exact) mass is 215 g/mol. The predicted octanol–water partition coefficient (Wildman–Crippen LogP) is 2.14. The minimum Gasteiger partial charge on any atom is -0.490 e. The van der Waals surface area contributed by atoms with Crippen LogP contribution in [0.3, 0.4) is 0 Å². The third-order valence-electron chi connectivity index (χ3n) is 2.97. The minimum absolute atomic E-state index is 0.337. The summed E-state index contributed by atoms with van der Waals surface area (Å²) in [5, 5.41) is 0. The van der Waals surface area contributed by atoms with E-state index in [1.165, 1.54) is 0 Å². The van der Waals surface area contributed by atoms with Gasteiger partial charge in [-0.05, 0) is 38.1 Å². The van der Waals surface area contributed by atoms with E-state index in [0.29, 0.717) is 6.10 Å². The molecule has 1 fully saturated rings. The minimum atomic E-state index is 0.337. The lowest BCUT2D eigenvalue weighted by molar-refractivity contribution is 0.114. The van der Waals surface area contributed by atoms with Crippen LogP contribution in [0.15, 0.2) is 24.3 Å². The molecule has 1 aromatic carbocycles. The van der Waals surface area contributed by atoms with Crippen molar-refractivity contribution < 1.29 is 4.74 Å². The fourth-order valence-electron chi connectivity index (χ4n) is 1.95. The number of ether oxygens (including phenoxy) is 1. The van der Waals surface area contributed by atoms with Gasteiger partial charge in [0.15, 0.2) is 0 Å². The second-order valence-corrected chi connectivity index (χ2v) is 4.29. The van der Waals surface area contributed by atoms with Gasteiger partial charge >= 0.3 is 0 Å². The van der Waals surface area contributed by atoms with Gasteiger partial charge < -0.3 is 9.64 Å². The highest BCUT2D eigenvalue weighted by Gasteiger charge is 2.17. The number of terminal acetylenes is 1. The molecule has 2 nitrogen and oxygen atoms in total. The topological polar surface area (TPSA) is 12.5 Å². The zero-order valence-corrected chi connectivity index (χ0v) is 9.65. The molecule has 1 aromatic rings.